The molecule has 1 aromatic carbocycles. The van der Waals surface area contributed by atoms with E-state index in [9.17, 15) is 0 Å². The van der Waals surface area contributed by atoms with Gasteiger partial charge in [0.15, 0.2) is 0 Å². The van der Waals surface area contributed by atoms with Gasteiger partial charge in [0, 0.05) is 23.5 Å². The van der Waals surface area contributed by atoms with E-state index in [2.05, 4.69) is 54.9 Å². The van der Waals surface area contributed by atoms with E-state index in [1.54, 1.807) is 11.3 Å². The van der Waals surface area contributed by atoms with E-state index in [-0.39, 0.29) is 0 Å². The lowest BCUT2D eigenvalue weighted by molar-refractivity contribution is 0.213. The van der Waals surface area contributed by atoms with Gasteiger partial charge in [-0.1, -0.05) is 31.2 Å². The number of halogens is 1. The fraction of sp³-hybridized carbons (Fsp3) is 0.471. The highest BCUT2D eigenvalue weighted by Crippen LogP contribution is 2.25. The molecule has 0 unspecified atom stereocenters. The Morgan fingerprint density at radius 3 is 2.48 bits per heavy atom. The van der Waals surface area contributed by atoms with Crippen LogP contribution >= 0.6 is 22.9 Å². The maximum absolute atomic E-state index is 5.81. The van der Waals surface area contributed by atoms with Gasteiger partial charge in [0.05, 0.1) is 11.6 Å². The topological polar surface area (TPSA) is 16.1 Å². The molecule has 0 bridgehead atoms. The molecule has 114 valence electrons. The predicted octanol–water partition coefficient (Wildman–Crippen LogP) is 5.17. The van der Waals surface area contributed by atoms with Crippen LogP contribution in [0.4, 0.5) is 0 Å². The molecule has 0 saturated carbocycles. The van der Waals surface area contributed by atoms with Crippen LogP contribution in [0.2, 0.25) is 0 Å². The van der Waals surface area contributed by atoms with Gasteiger partial charge in [-0.25, -0.2) is 4.98 Å². The van der Waals surface area contributed by atoms with Crippen molar-refractivity contribution in [3.05, 3.63) is 40.9 Å². The highest BCUT2D eigenvalue weighted by atomic mass is 35.5. The number of nitrogens with zero attached hydrogens (tertiary/aromatic N) is 2. The van der Waals surface area contributed by atoms with Crippen LogP contribution < -0.4 is 0 Å². The van der Waals surface area contributed by atoms with Crippen molar-refractivity contribution in [3.63, 3.8) is 0 Å². The molecule has 2 rings (SSSR count). The van der Waals surface area contributed by atoms with Crippen molar-refractivity contribution in [1.82, 2.24) is 9.88 Å². The van der Waals surface area contributed by atoms with E-state index < -0.39 is 0 Å². The number of hydrogen-bond acceptors (Lipinski definition) is 3. The summed E-state index contributed by atoms with van der Waals surface area (Å²) >= 11 is 7.46. The van der Waals surface area contributed by atoms with Crippen LogP contribution in [0.25, 0.3) is 10.6 Å². The highest BCUT2D eigenvalue weighted by Gasteiger charge is 2.09. The van der Waals surface area contributed by atoms with E-state index in [0.717, 1.165) is 23.8 Å². The van der Waals surface area contributed by atoms with Crippen LogP contribution in [-0.2, 0) is 12.4 Å². The number of thiazole rings is 1. The monoisotopic (exact) mass is 322 g/mol. The molecule has 0 aliphatic rings. The van der Waals surface area contributed by atoms with Crippen molar-refractivity contribution < 1.29 is 0 Å². The fourth-order valence-corrected chi connectivity index (χ4v) is 3.35. The van der Waals surface area contributed by atoms with Crippen LogP contribution in [0.15, 0.2) is 29.6 Å². The lowest BCUT2D eigenvalue weighted by atomic mass is 10.1. The van der Waals surface area contributed by atoms with Gasteiger partial charge in [-0.05, 0) is 32.4 Å². The molecule has 21 heavy (non-hydrogen) atoms. The Balaban J connectivity index is 2.07. The van der Waals surface area contributed by atoms with Gasteiger partial charge in [0.2, 0.25) is 0 Å². The normalized spacial score (nSPS) is 11.5. The van der Waals surface area contributed by atoms with Crippen molar-refractivity contribution in [3.8, 4) is 10.6 Å². The minimum absolute atomic E-state index is 0.481. The third-order valence-electron chi connectivity index (χ3n) is 3.52. The van der Waals surface area contributed by atoms with Crippen molar-refractivity contribution in [2.24, 2.45) is 0 Å². The molecule has 1 aromatic heterocycles. The summed E-state index contributed by atoms with van der Waals surface area (Å²) in [7, 11) is 0. The zero-order valence-electron chi connectivity index (χ0n) is 13.0. The molecule has 1 heterocycles. The Morgan fingerprint density at radius 2 is 1.95 bits per heavy atom. The van der Waals surface area contributed by atoms with Crippen LogP contribution in [0.1, 0.15) is 38.4 Å². The van der Waals surface area contributed by atoms with Gasteiger partial charge < -0.3 is 0 Å². The third-order valence-corrected chi connectivity index (χ3v) is 4.73. The molecule has 0 aliphatic heterocycles. The zero-order valence-corrected chi connectivity index (χ0v) is 14.5. The second kappa shape index (κ2) is 7.92. The summed E-state index contributed by atoms with van der Waals surface area (Å²) in [5.41, 5.74) is 3.48. The molecular formula is C17H23ClN2S. The minimum atomic E-state index is 0.481. The molecule has 2 nitrogen and oxygen atoms in total. The Hall–Kier alpha value is -0.900. The average Bonchev–Trinajstić information content (AvgIpc) is 2.96. The second-order valence-corrected chi connectivity index (χ2v) is 6.66. The largest absolute Gasteiger partial charge is 0.297 e. The maximum atomic E-state index is 5.81. The number of alkyl halides is 1. The Bertz CT molecular complexity index is 548. The Kier molecular flexibility index (Phi) is 6.22. The molecule has 0 radical (unpaired) electrons. The SMILES string of the molecule is CCCN(Cc1ccc(-c2nc(CCl)cs2)cc1)C(C)C. The van der Waals surface area contributed by atoms with Crippen LogP contribution in [-0.4, -0.2) is 22.5 Å². The van der Waals surface area contributed by atoms with Gasteiger partial charge >= 0.3 is 0 Å². The standard InChI is InChI=1S/C17H23ClN2S/c1-4-9-20(13(2)3)11-14-5-7-15(8-6-14)17-19-16(10-18)12-21-17/h5-8,12-13H,4,9-11H2,1-3H3. The van der Waals surface area contributed by atoms with Gasteiger partial charge in [0.25, 0.3) is 0 Å². The second-order valence-electron chi connectivity index (χ2n) is 5.54. The van der Waals surface area contributed by atoms with Gasteiger partial charge in [-0.2, -0.15) is 0 Å². The van der Waals surface area contributed by atoms with Crippen molar-refractivity contribution in [1.29, 1.82) is 0 Å². The first-order valence-corrected chi connectivity index (χ1v) is 8.89. The number of benzene rings is 1. The Labute approximate surface area is 136 Å². The lowest BCUT2D eigenvalue weighted by Gasteiger charge is -2.26. The van der Waals surface area contributed by atoms with Crippen molar-refractivity contribution in [2.45, 2.75) is 45.7 Å². The van der Waals surface area contributed by atoms with Crippen LogP contribution in [0, 0.1) is 0 Å². The molecule has 0 saturated heterocycles. The summed E-state index contributed by atoms with van der Waals surface area (Å²) in [5, 5.41) is 3.07. The molecule has 0 fully saturated rings. The average molecular weight is 323 g/mol. The van der Waals surface area contributed by atoms with E-state index in [4.69, 9.17) is 11.6 Å². The number of rotatable bonds is 7. The molecule has 0 amide bonds. The summed E-state index contributed by atoms with van der Waals surface area (Å²) < 4.78 is 0. The third kappa shape index (κ3) is 4.53. The molecule has 0 atom stereocenters. The van der Waals surface area contributed by atoms with Gasteiger partial charge in [0.1, 0.15) is 5.01 Å². The smallest absolute Gasteiger partial charge is 0.123 e. The summed E-state index contributed by atoms with van der Waals surface area (Å²) in [6.45, 7) is 8.90. The van der Waals surface area contributed by atoms with Crippen molar-refractivity contribution >= 4 is 22.9 Å². The summed E-state index contributed by atoms with van der Waals surface area (Å²) in [4.78, 5) is 7.03. The summed E-state index contributed by atoms with van der Waals surface area (Å²) in [5.74, 6) is 0.481. The molecule has 2 aromatic rings. The van der Waals surface area contributed by atoms with E-state index in [1.807, 2.05) is 5.38 Å². The zero-order chi connectivity index (χ0) is 15.2. The molecule has 0 spiro atoms. The first-order valence-electron chi connectivity index (χ1n) is 7.47. The molecule has 4 heteroatoms. The van der Waals surface area contributed by atoms with Gasteiger partial charge in [-0.15, -0.1) is 22.9 Å². The van der Waals surface area contributed by atoms with Crippen molar-refractivity contribution in [2.75, 3.05) is 6.54 Å². The summed E-state index contributed by atoms with van der Waals surface area (Å²) in [6.07, 6.45) is 1.19. The quantitative estimate of drug-likeness (QED) is 0.654. The highest BCUT2D eigenvalue weighted by molar-refractivity contribution is 7.13. The molecule has 0 N–H and O–H groups in total. The lowest BCUT2D eigenvalue weighted by Crippen LogP contribution is -2.30. The first kappa shape index (κ1) is 16.5. The van der Waals surface area contributed by atoms with E-state index in [1.165, 1.54) is 17.5 Å². The molecule has 0 aliphatic carbocycles. The van der Waals surface area contributed by atoms with E-state index >= 15 is 0 Å². The molecular weight excluding hydrogens is 300 g/mol. The van der Waals surface area contributed by atoms with Crippen LogP contribution in [0.5, 0.6) is 0 Å². The fourth-order valence-electron chi connectivity index (χ4n) is 2.30. The predicted molar refractivity (Wildman–Crippen MR) is 92.9 cm³/mol. The minimum Gasteiger partial charge on any atom is -0.297 e. The van der Waals surface area contributed by atoms with E-state index in [0.29, 0.717) is 11.9 Å². The maximum Gasteiger partial charge on any atom is 0.123 e. The summed E-state index contributed by atoms with van der Waals surface area (Å²) in [6, 6.07) is 9.33. The number of aromatic nitrogens is 1. The Morgan fingerprint density at radius 1 is 1.24 bits per heavy atom. The van der Waals surface area contributed by atoms with Gasteiger partial charge in [-0.3, -0.25) is 4.90 Å². The number of hydrogen-bond donors (Lipinski definition) is 0. The van der Waals surface area contributed by atoms with Crippen LogP contribution in [0.3, 0.4) is 0 Å². The first-order chi connectivity index (χ1) is 10.1.